The number of pyridine rings is 2. The van der Waals surface area contributed by atoms with Crippen molar-refractivity contribution in [1.82, 2.24) is 24.1 Å². The molecule has 0 unspecified atom stereocenters. The molecule has 10 nitrogen and oxygen atoms in total. The SMILES string of the molecule is CCCn1c(=O)c2[nH]c(-c3ccc(N(CCOC)C(=O)c4ccc(I)nc4)nc3)cc2n(CCC)c1=O. The molecule has 4 aromatic heterocycles. The second kappa shape index (κ2) is 11.8. The van der Waals surface area contributed by atoms with Crippen LogP contribution < -0.4 is 16.1 Å². The summed E-state index contributed by atoms with van der Waals surface area (Å²) in [5.74, 6) is 0.237. The summed E-state index contributed by atoms with van der Waals surface area (Å²) in [6.07, 6.45) is 4.63. The zero-order chi connectivity index (χ0) is 26.5. The van der Waals surface area contributed by atoms with Crippen LogP contribution in [0, 0.1) is 3.70 Å². The number of methoxy groups -OCH3 is 1. The Morgan fingerprint density at radius 1 is 1.05 bits per heavy atom. The molecule has 1 amide bonds. The minimum absolute atomic E-state index is 0.230. The number of amides is 1. The third kappa shape index (κ3) is 5.52. The summed E-state index contributed by atoms with van der Waals surface area (Å²) in [5, 5.41) is 0. The molecule has 11 heteroatoms. The summed E-state index contributed by atoms with van der Waals surface area (Å²) in [6.45, 7) is 5.46. The fourth-order valence-electron chi connectivity index (χ4n) is 4.17. The highest BCUT2D eigenvalue weighted by Crippen LogP contribution is 2.24. The minimum Gasteiger partial charge on any atom is -0.383 e. The van der Waals surface area contributed by atoms with E-state index < -0.39 is 0 Å². The van der Waals surface area contributed by atoms with Gasteiger partial charge in [0.2, 0.25) is 0 Å². The lowest BCUT2D eigenvalue weighted by atomic mass is 10.2. The van der Waals surface area contributed by atoms with Crippen molar-refractivity contribution in [2.45, 2.75) is 39.8 Å². The van der Waals surface area contributed by atoms with Crippen LogP contribution in [0.5, 0.6) is 0 Å². The number of carbonyl (C=O) groups is 1. The van der Waals surface area contributed by atoms with Crippen LogP contribution in [-0.2, 0) is 17.8 Å². The molecule has 0 aliphatic rings. The molecule has 0 spiro atoms. The number of anilines is 1. The van der Waals surface area contributed by atoms with Crippen molar-refractivity contribution in [1.29, 1.82) is 0 Å². The first kappa shape index (κ1) is 26.7. The van der Waals surface area contributed by atoms with Gasteiger partial charge in [-0.05, 0) is 65.8 Å². The van der Waals surface area contributed by atoms with Crippen molar-refractivity contribution in [2.24, 2.45) is 0 Å². The maximum atomic E-state index is 13.2. The average Bonchev–Trinajstić information content (AvgIpc) is 3.35. The normalized spacial score (nSPS) is 11.2. The third-order valence-electron chi connectivity index (χ3n) is 5.98. The Labute approximate surface area is 227 Å². The second-order valence-electron chi connectivity index (χ2n) is 8.56. The first-order chi connectivity index (χ1) is 17.9. The van der Waals surface area contributed by atoms with Crippen molar-refractivity contribution >= 4 is 45.3 Å². The molecular weight excluding hydrogens is 587 g/mol. The molecule has 4 heterocycles. The summed E-state index contributed by atoms with van der Waals surface area (Å²) in [4.78, 5) is 52.7. The number of carbonyl (C=O) groups excluding carboxylic acids is 1. The van der Waals surface area contributed by atoms with Gasteiger partial charge >= 0.3 is 5.69 Å². The predicted octanol–water partition coefficient (Wildman–Crippen LogP) is 3.67. The van der Waals surface area contributed by atoms with Crippen LogP contribution in [0.2, 0.25) is 0 Å². The van der Waals surface area contributed by atoms with Crippen LogP contribution in [0.15, 0.2) is 52.3 Å². The number of aromatic nitrogens is 5. The van der Waals surface area contributed by atoms with E-state index in [1.165, 1.54) is 4.57 Å². The molecule has 194 valence electrons. The summed E-state index contributed by atoms with van der Waals surface area (Å²) in [7, 11) is 1.58. The Bertz CT molecular complexity index is 1510. The molecule has 0 atom stereocenters. The van der Waals surface area contributed by atoms with Crippen molar-refractivity contribution < 1.29 is 9.53 Å². The van der Waals surface area contributed by atoms with Gasteiger partial charge in [0, 0.05) is 43.9 Å². The Morgan fingerprint density at radius 3 is 2.43 bits per heavy atom. The molecule has 0 aliphatic carbocycles. The number of H-pyrrole nitrogens is 1. The quantitative estimate of drug-likeness (QED) is 0.215. The molecule has 0 aromatic carbocycles. The lowest BCUT2D eigenvalue weighted by Crippen LogP contribution is -2.39. The predicted molar refractivity (Wildman–Crippen MR) is 151 cm³/mol. The van der Waals surface area contributed by atoms with E-state index in [1.54, 1.807) is 47.2 Å². The third-order valence-corrected chi connectivity index (χ3v) is 6.61. The smallest absolute Gasteiger partial charge is 0.331 e. The standard InChI is InChI=1S/C26H29IN6O4/c1-4-10-31-20-14-19(30-23(20)25(35)33(11-5-2)26(31)36)17-7-9-22(29-15-17)32(12-13-37-3)24(34)18-6-8-21(27)28-16-18/h6-9,14-16,30H,4-5,10-13H2,1-3H3. The number of aromatic amines is 1. The van der Waals surface area contributed by atoms with Gasteiger partial charge in [-0.1, -0.05) is 13.8 Å². The van der Waals surface area contributed by atoms with E-state index in [4.69, 9.17) is 4.74 Å². The average molecular weight is 616 g/mol. The molecule has 0 fully saturated rings. The van der Waals surface area contributed by atoms with E-state index >= 15 is 0 Å². The summed E-state index contributed by atoms with van der Waals surface area (Å²) in [6, 6.07) is 8.91. The van der Waals surface area contributed by atoms with Crippen LogP contribution in [0.25, 0.3) is 22.3 Å². The molecule has 0 saturated carbocycles. The molecule has 0 bridgehead atoms. The number of hydrogen-bond acceptors (Lipinski definition) is 6. The number of rotatable bonds is 10. The van der Waals surface area contributed by atoms with Gasteiger partial charge in [0.15, 0.2) is 0 Å². The van der Waals surface area contributed by atoms with E-state index in [2.05, 4.69) is 37.5 Å². The number of halogens is 1. The van der Waals surface area contributed by atoms with Gasteiger partial charge in [-0.3, -0.25) is 23.6 Å². The van der Waals surface area contributed by atoms with Crippen LogP contribution >= 0.6 is 22.6 Å². The van der Waals surface area contributed by atoms with Gasteiger partial charge in [0.1, 0.15) is 15.0 Å². The minimum atomic E-state index is -0.326. The molecule has 37 heavy (non-hydrogen) atoms. The fourth-order valence-corrected chi connectivity index (χ4v) is 4.49. The molecular formula is C26H29IN6O4. The summed E-state index contributed by atoms with van der Waals surface area (Å²) < 4.78 is 8.93. The molecule has 0 saturated heterocycles. The molecule has 0 radical (unpaired) electrons. The Kier molecular flexibility index (Phi) is 8.54. The van der Waals surface area contributed by atoms with E-state index in [0.29, 0.717) is 60.8 Å². The molecule has 0 aliphatic heterocycles. The maximum absolute atomic E-state index is 13.2. The highest BCUT2D eigenvalue weighted by molar-refractivity contribution is 14.1. The highest BCUT2D eigenvalue weighted by Gasteiger charge is 2.20. The monoisotopic (exact) mass is 616 g/mol. The van der Waals surface area contributed by atoms with Gasteiger partial charge in [0.25, 0.3) is 11.5 Å². The van der Waals surface area contributed by atoms with Crippen LogP contribution in [0.4, 0.5) is 5.82 Å². The number of hydrogen-bond donors (Lipinski definition) is 1. The fraction of sp³-hybridized carbons (Fsp3) is 0.346. The molecule has 1 N–H and O–H groups in total. The lowest BCUT2D eigenvalue weighted by Gasteiger charge is -2.21. The second-order valence-corrected chi connectivity index (χ2v) is 9.66. The lowest BCUT2D eigenvalue weighted by molar-refractivity contribution is 0.0974. The highest BCUT2D eigenvalue weighted by atomic mass is 127. The van der Waals surface area contributed by atoms with Gasteiger partial charge in [-0.15, -0.1) is 0 Å². The van der Waals surface area contributed by atoms with Crippen LogP contribution in [-0.4, -0.2) is 50.3 Å². The van der Waals surface area contributed by atoms with Crippen LogP contribution in [0.1, 0.15) is 37.0 Å². The summed E-state index contributed by atoms with van der Waals surface area (Å²) in [5.41, 5.74) is 2.20. The van der Waals surface area contributed by atoms with E-state index in [0.717, 1.165) is 15.7 Å². The van der Waals surface area contributed by atoms with Gasteiger partial charge in [-0.25, -0.2) is 14.8 Å². The Balaban J connectivity index is 1.72. The summed E-state index contributed by atoms with van der Waals surface area (Å²) >= 11 is 2.09. The van der Waals surface area contributed by atoms with Crippen molar-refractivity contribution in [3.8, 4) is 11.3 Å². The first-order valence-electron chi connectivity index (χ1n) is 12.1. The number of nitrogens with one attached hydrogen (secondary N) is 1. The van der Waals surface area contributed by atoms with Crippen molar-refractivity contribution in [3.63, 3.8) is 0 Å². The number of fused-ring (bicyclic) bond motifs is 1. The number of ether oxygens (including phenoxy) is 1. The van der Waals surface area contributed by atoms with Gasteiger partial charge in [0.05, 0.1) is 24.2 Å². The number of nitrogens with zero attached hydrogens (tertiary/aromatic N) is 5. The zero-order valence-electron chi connectivity index (χ0n) is 21.0. The number of aryl methyl sites for hydroxylation is 1. The Hall–Kier alpha value is -3.32. The van der Waals surface area contributed by atoms with E-state index in [9.17, 15) is 14.4 Å². The van der Waals surface area contributed by atoms with Gasteiger partial charge < -0.3 is 9.72 Å². The van der Waals surface area contributed by atoms with E-state index in [1.807, 2.05) is 26.0 Å². The topological polar surface area (TPSA) is 115 Å². The largest absolute Gasteiger partial charge is 0.383 e. The van der Waals surface area contributed by atoms with Crippen molar-refractivity contribution in [2.75, 3.05) is 25.2 Å². The van der Waals surface area contributed by atoms with E-state index in [-0.39, 0.29) is 17.2 Å². The molecule has 4 aromatic rings. The van der Waals surface area contributed by atoms with Crippen molar-refractivity contribution in [3.05, 3.63) is 72.8 Å². The zero-order valence-corrected chi connectivity index (χ0v) is 23.2. The Morgan fingerprint density at radius 2 is 1.81 bits per heavy atom. The first-order valence-corrected chi connectivity index (χ1v) is 13.2. The van der Waals surface area contributed by atoms with Gasteiger partial charge in [-0.2, -0.15) is 0 Å². The maximum Gasteiger partial charge on any atom is 0.331 e. The molecule has 4 rings (SSSR count). The van der Waals surface area contributed by atoms with Crippen LogP contribution in [0.3, 0.4) is 0 Å².